The van der Waals surface area contributed by atoms with Crippen LogP contribution in [0.2, 0.25) is 0 Å². The molecule has 0 saturated heterocycles. The summed E-state index contributed by atoms with van der Waals surface area (Å²) >= 11 is 0. The fraction of sp³-hybridized carbons (Fsp3) is 0.333. The van der Waals surface area contributed by atoms with Gasteiger partial charge >= 0.3 is 0 Å². The predicted molar refractivity (Wildman–Crippen MR) is 119 cm³/mol. The Bertz CT molecular complexity index is 723. The van der Waals surface area contributed by atoms with Crippen LogP contribution in [0.4, 0.5) is 11.4 Å². The second kappa shape index (κ2) is 9.43. The van der Waals surface area contributed by atoms with E-state index >= 15 is 0 Å². The summed E-state index contributed by atoms with van der Waals surface area (Å²) in [6.45, 7) is 1.89. The molecular formula is C24H32N2O. The van der Waals surface area contributed by atoms with Gasteiger partial charge in [-0.15, -0.1) is 0 Å². The Balaban J connectivity index is 2.00. The van der Waals surface area contributed by atoms with Crippen LogP contribution in [0, 0.1) is 0 Å². The number of nitrogens with zero attached hydrogens (tertiary/aromatic N) is 2. The minimum absolute atomic E-state index is 0.606. The molecule has 0 amide bonds. The zero-order valence-electron chi connectivity index (χ0n) is 17.2. The number of hydrogen-bond donors (Lipinski definition) is 1. The van der Waals surface area contributed by atoms with Crippen molar-refractivity contribution in [3.05, 3.63) is 71.8 Å². The largest absolute Gasteiger partial charge is 0.390 e. The van der Waals surface area contributed by atoms with Crippen LogP contribution in [-0.2, 0) is 0 Å². The smallest absolute Gasteiger partial charge is 0.0688 e. The number of aliphatic hydroxyl groups is 1. The Morgan fingerprint density at radius 3 is 1.48 bits per heavy atom. The van der Waals surface area contributed by atoms with E-state index in [4.69, 9.17) is 0 Å². The van der Waals surface area contributed by atoms with Crippen molar-refractivity contribution in [1.29, 1.82) is 0 Å². The van der Waals surface area contributed by atoms with E-state index in [9.17, 15) is 5.11 Å². The summed E-state index contributed by atoms with van der Waals surface area (Å²) in [5.41, 5.74) is 3.90. The molecule has 3 nitrogen and oxygen atoms in total. The average molecular weight is 365 g/mol. The molecule has 0 atom stereocenters. The van der Waals surface area contributed by atoms with Gasteiger partial charge in [0.05, 0.1) is 5.60 Å². The molecule has 3 heteroatoms. The highest BCUT2D eigenvalue weighted by atomic mass is 16.3. The highest BCUT2D eigenvalue weighted by Crippen LogP contribution is 2.23. The molecule has 0 fully saturated rings. The minimum atomic E-state index is -0.771. The van der Waals surface area contributed by atoms with Gasteiger partial charge in [-0.25, -0.2) is 0 Å². The fourth-order valence-corrected chi connectivity index (χ4v) is 3.03. The molecule has 0 unspecified atom stereocenters. The summed E-state index contributed by atoms with van der Waals surface area (Å²) in [7, 11) is 8.16. The van der Waals surface area contributed by atoms with E-state index < -0.39 is 5.60 Å². The van der Waals surface area contributed by atoms with Crippen molar-refractivity contribution < 1.29 is 5.11 Å². The monoisotopic (exact) mass is 364 g/mol. The maximum absolute atomic E-state index is 10.7. The van der Waals surface area contributed by atoms with Gasteiger partial charge in [0.15, 0.2) is 0 Å². The fourth-order valence-electron chi connectivity index (χ4n) is 3.03. The molecule has 27 heavy (non-hydrogen) atoms. The number of benzene rings is 2. The Morgan fingerprint density at radius 1 is 0.741 bits per heavy atom. The third-order valence-corrected chi connectivity index (χ3v) is 4.55. The Kier molecular flexibility index (Phi) is 7.26. The molecule has 2 aromatic rings. The number of hydrogen-bond acceptors (Lipinski definition) is 3. The number of para-hydroxylation sites is 2. The molecule has 0 radical (unpaired) electrons. The van der Waals surface area contributed by atoms with Crippen molar-refractivity contribution in [3.8, 4) is 0 Å². The van der Waals surface area contributed by atoms with Crippen molar-refractivity contribution in [1.82, 2.24) is 0 Å². The molecular weight excluding hydrogens is 332 g/mol. The average Bonchev–Trinajstić information content (AvgIpc) is 2.62. The lowest BCUT2D eigenvalue weighted by atomic mass is 9.96. The van der Waals surface area contributed by atoms with Crippen LogP contribution >= 0.6 is 0 Å². The summed E-state index contributed by atoms with van der Waals surface area (Å²) < 4.78 is 0. The Hall–Kier alpha value is -2.52. The van der Waals surface area contributed by atoms with Crippen LogP contribution < -0.4 is 9.80 Å². The van der Waals surface area contributed by atoms with E-state index in [1.165, 1.54) is 11.4 Å². The summed E-state index contributed by atoms with van der Waals surface area (Å²) in [6, 6.07) is 16.5. The van der Waals surface area contributed by atoms with Crippen LogP contribution in [0.1, 0.15) is 30.9 Å². The molecule has 2 aromatic carbocycles. The molecule has 0 aliphatic rings. The maximum Gasteiger partial charge on any atom is 0.0688 e. The first kappa shape index (κ1) is 20.8. The van der Waals surface area contributed by atoms with Crippen molar-refractivity contribution >= 4 is 23.5 Å². The Labute approximate surface area is 164 Å². The molecule has 144 valence electrons. The third-order valence-electron chi connectivity index (χ3n) is 4.55. The summed E-state index contributed by atoms with van der Waals surface area (Å²) in [5.74, 6) is 0. The molecule has 2 rings (SSSR count). The molecule has 0 heterocycles. The standard InChI is InChI=1S/C24H32N2O/c1-24(27,18-10-14-20-12-6-8-16-22(20)25(2)3)19-11-15-21-13-7-9-17-23(21)26(4)5/h6-17,27H,18-19H2,1-5H3/b14-10-,15-11-. The van der Waals surface area contributed by atoms with Gasteiger partial charge in [0.1, 0.15) is 0 Å². The molecule has 0 bridgehead atoms. The number of anilines is 2. The molecule has 0 saturated carbocycles. The second-order valence-corrected chi connectivity index (χ2v) is 7.62. The van der Waals surface area contributed by atoms with Gasteiger partial charge in [-0.05, 0) is 43.0 Å². The van der Waals surface area contributed by atoms with E-state index in [0.717, 1.165) is 11.1 Å². The van der Waals surface area contributed by atoms with Gasteiger partial charge in [-0.1, -0.05) is 60.7 Å². The lowest BCUT2D eigenvalue weighted by Gasteiger charge is -2.20. The zero-order chi connectivity index (χ0) is 19.9. The van der Waals surface area contributed by atoms with Crippen LogP contribution in [0.5, 0.6) is 0 Å². The lowest BCUT2D eigenvalue weighted by Crippen LogP contribution is -2.21. The first-order valence-corrected chi connectivity index (χ1v) is 9.38. The third kappa shape index (κ3) is 6.30. The highest BCUT2D eigenvalue weighted by Gasteiger charge is 2.16. The van der Waals surface area contributed by atoms with E-state index in [0.29, 0.717) is 12.8 Å². The summed E-state index contributed by atoms with van der Waals surface area (Å²) in [6.07, 6.45) is 9.51. The van der Waals surface area contributed by atoms with Crippen molar-refractivity contribution in [2.45, 2.75) is 25.4 Å². The summed E-state index contributed by atoms with van der Waals surface area (Å²) in [5, 5.41) is 10.7. The molecule has 1 N–H and O–H groups in total. The maximum atomic E-state index is 10.7. The van der Waals surface area contributed by atoms with Crippen LogP contribution in [0.3, 0.4) is 0 Å². The van der Waals surface area contributed by atoms with Gasteiger partial charge in [-0.2, -0.15) is 0 Å². The van der Waals surface area contributed by atoms with Gasteiger partial charge in [0.2, 0.25) is 0 Å². The SMILES string of the molecule is CN(C)c1ccccc1/C=C\CC(C)(O)C/C=C\c1ccccc1N(C)C. The molecule has 0 aliphatic carbocycles. The van der Waals surface area contributed by atoms with E-state index in [2.05, 4.69) is 58.4 Å². The van der Waals surface area contributed by atoms with E-state index in [-0.39, 0.29) is 0 Å². The normalized spacial score (nSPS) is 12.1. The molecule has 0 aromatic heterocycles. The number of rotatable bonds is 8. The van der Waals surface area contributed by atoms with E-state index in [1.807, 2.05) is 59.4 Å². The zero-order valence-corrected chi connectivity index (χ0v) is 17.2. The summed E-state index contributed by atoms with van der Waals surface area (Å²) in [4.78, 5) is 4.20. The predicted octanol–water partition coefficient (Wildman–Crippen LogP) is 5.08. The first-order chi connectivity index (χ1) is 12.8. The molecule has 0 spiro atoms. The van der Waals surface area contributed by atoms with Crippen molar-refractivity contribution in [3.63, 3.8) is 0 Å². The molecule has 0 aliphatic heterocycles. The Morgan fingerprint density at radius 2 is 1.11 bits per heavy atom. The topological polar surface area (TPSA) is 26.7 Å². The van der Waals surface area contributed by atoms with Crippen LogP contribution in [-0.4, -0.2) is 38.9 Å². The van der Waals surface area contributed by atoms with Gasteiger partial charge in [-0.3, -0.25) is 0 Å². The lowest BCUT2D eigenvalue weighted by molar-refractivity contribution is 0.0668. The van der Waals surface area contributed by atoms with Crippen molar-refractivity contribution in [2.75, 3.05) is 38.0 Å². The van der Waals surface area contributed by atoms with Crippen molar-refractivity contribution in [2.24, 2.45) is 0 Å². The van der Waals surface area contributed by atoms with Crippen LogP contribution in [0.15, 0.2) is 60.7 Å². The second-order valence-electron chi connectivity index (χ2n) is 7.62. The quantitative estimate of drug-likeness (QED) is 0.708. The minimum Gasteiger partial charge on any atom is -0.390 e. The van der Waals surface area contributed by atoms with Crippen LogP contribution in [0.25, 0.3) is 12.2 Å². The van der Waals surface area contributed by atoms with Gasteiger partial charge < -0.3 is 14.9 Å². The first-order valence-electron chi connectivity index (χ1n) is 9.38. The van der Waals surface area contributed by atoms with Gasteiger partial charge in [0, 0.05) is 39.6 Å². The highest BCUT2D eigenvalue weighted by molar-refractivity contribution is 5.68. The van der Waals surface area contributed by atoms with E-state index in [1.54, 1.807) is 0 Å². The van der Waals surface area contributed by atoms with Gasteiger partial charge in [0.25, 0.3) is 0 Å².